The quantitative estimate of drug-likeness (QED) is 0.917. The molecule has 0 aromatic heterocycles. The summed E-state index contributed by atoms with van der Waals surface area (Å²) >= 11 is 0. The van der Waals surface area contributed by atoms with Crippen molar-refractivity contribution in [2.24, 2.45) is 0 Å². The first-order chi connectivity index (χ1) is 9.91. The first-order valence-electron chi connectivity index (χ1n) is 8.06. The van der Waals surface area contributed by atoms with Crippen LogP contribution in [-0.4, -0.2) is 36.7 Å². The number of nitrogens with zero attached hydrogens (tertiary/aromatic N) is 1. The predicted molar refractivity (Wildman–Crippen MR) is 88.9 cm³/mol. The van der Waals surface area contributed by atoms with Crippen LogP contribution in [0, 0.1) is 0 Å². The highest BCUT2D eigenvalue weighted by Gasteiger charge is 2.27. The molecule has 118 valence electrons. The molecule has 0 spiro atoms. The molecule has 1 aromatic rings. The Morgan fingerprint density at radius 1 is 1.19 bits per heavy atom. The molecule has 1 aliphatic heterocycles. The van der Waals surface area contributed by atoms with Crippen molar-refractivity contribution < 1.29 is 4.74 Å². The molecule has 0 aliphatic carbocycles. The number of nitrogens with one attached hydrogen (secondary N) is 1. The smallest absolute Gasteiger partial charge is 0.123 e. The number of para-hydroxylation sites is 1. The summed E-state index contributed by atoms with van der Waals surface area (Å²) in [5.41, 5.74) is 1.54. The van der Waals surface area contributed by atoms with Gasteiger partial charge in [-0.2, -0.15) is 0 Å². The molecule has 1 aliphatic rings. The minimum Gasteiger partial charge on any atom is -0.496 e. The van der Waals surface area contributed by atoms with Crippen LogP contribution < -0.4 is 10.1 Å². The molecular weight excluding hydrogens is 260 g/mol. The van der Waals surface area contributed by atoms with Crippen LogP contribution in [0.25, 0.3) is 0 Å². The molecule has 0 amide bonds. The Labute approximate surface area is 129 Å². The van der Waals surface area contributed by atoms with Crippen LogP contribution in [0.2, 0.25) is 0 Å². The second kappa shape index (κ2) is 6.80. The summed E-state index contributed by atoms with van der Waals surface area (Å²) in [6.45, 7) is 11.5. The lowest BCUT2D eigenvalue weighted by Gasteiger charge is -2.41. The fraction of sp³-hybridized carbons (Fsp3) is 0.667. The van der Waals surface area contributed by atoms with E-state index in [2.05, 4.69) is 50.0 Å². The number of piperidine rings is 1. The van der Waals surface area contributed by atoms with Gasteiger partial charge >= 0.3 is 0 Å². The summed E-state index contributed by atoms with van der Waals surface area (Å²) in [7, 11) is 1.74. The Hall–Kier alpha value is -1.06. The van der Waals surface area contributed by atoms with Gasteiger partial charge in [-0.3, -0.25) is 4.90 Å². The van der Waals surface area contributed by atoms with E-state index >= 15 is 0 Å². The average molecular weight is 290 g/mol. The van der Waals surface area contributed by atoms with E-state index in [4.69, 9.17) is 4.74 Å². The summed E-state index contributed by atoms with van der Waals surface area (Å²) in [5.74, 6) is 0.977. The molecule has 1 atom stereocenters. The van der Waals surface area contributed by atoms with Crippen molar-refractivity contribution in [2.75, 3.05) is 20.2 Å². The SMILES string of the molecule is COc1ccccc1C(C)NC1CCN(C(C)(C)C)CC1. The van der Waals surface area contributed by atoms with Gasteiger partial charge in [-0.1, -0.05) is 18.2 Å². The van der Waals surface area contributed by atoms with Crippen molar-refractivity contribution >= 4 is 0 Å². The Kier molecular flexibility index (Phi) is 5.28. The van der Waals surface area contributed by atoms with Crippen molar-refractivity contribution in [2.45, 2.75) is 58.2 Å². The molecule has 1 saturated heterocycles. The Morgan fingerprint density at radius 3 is 2.38 bits per heavy atom. The molecule has 1 heterocycles. The predicted octanol–water partition coefficient (Wildman–Crippen LogP) is 3.61. The zero-order valence-electron chi connectivity index (χ0n) is 14.1. The number of ether oxygens (including phenoxy) is 1. The Bertz CT molecular complexity index is 445. The Balaban J connectivity index is 1.91. The minimum atomic E-state index is 0.291. The van der Waals surface area contributed by atoms with Crippen LogP contribution in [0.1, 0.15) is 52.1 Å². The maximum Gasteiger partial charge on any atom is 0.123 e. The summed E-state index contributed by atoms with van der Waals surface area (Å²) in [5, 5.41) is 3.78. The number of likely N-dealkylation sites (tertiary alicyclic amines) is 1. The van der Waals surface area contributed by atoms with Gasteiger partial charge in [0.1, 0.15) is 5.75 Å². The van der Waals surface area contributed by atoms with Crippen LogP contribution in [0.5, 0.6) is 5.75 Å². The first-order valence-corrected chi connectivity index (χ1v) is 8.06. The fourth-order valence-electron chi connectivity index (χ4n) is 3.18. The van der Waals surface area contributed by atoms with Gasteiger partial charge in [-0.25, -0.2) is 0 Å². The van der Waals surface area contributed by atoms with Gasteiger partial charge in [0.15, 0.2) is 0 Å². The monoisotopic (exact) mass is 290 g/mol. The summed E-state index contributed by atoms with van der Waals surface area (Å²) < 4.78 is 5.47. The molecule has 3 heteroatoms. The zero-order valence-corrected chi connectivity index (χ0v) is 14.1. The van der Waals surface area contributed by atoms with Crippen molar-refractivity contribution in [3.05, 3.63) is 29.8 Å². The van der Waals surface area contributed by atoms with Gasteiger partial charge in [0, 0.05) is 36.3 Å². The molecule has 1 unspecified atom stereocenters. The summed E-state index contributed by atoms with van der Waals surface area (Å²) in [6, 6.07) is 9.22. The third-order valence-corrected chi connectivity index (χ3v) is 4.53. The van der Waals surface area contributed by atoms with Crippen molar-refractivity contribution in [3.63, 3.8) is 0 Å². The number of benzene rings is 1. The normalized spacial score (nSPS) is 19.5. The average Bonchev–Trinajstić information content (AvgIpc) is 2.46. The van der Waals surface area contributed by atoms with Gasteiger partial charge in [0.2, 0.25) is 0 Å². The highest BCUT2D eigenvalue weighted by Crippen LogP contribution is 2.26. The second-order valence-corrected chi connectivity index (χ2v) is 7.06. The first kappa shape index (κ1) is 16.3. The molecule has 2 rings (SSSR count). The third-order valence-electron chi connectivity index (χ3n) is 4.53. The molecule has 1 aromatic carbocycles. The molecular formula is C18H30N2O. The van der Waals surface area contributed by atoms with E-state index in [1.807, 2.05) is 12.1 Å². The van der Waals surface area contributed by atoms with E-state index < -0.39 is 0 Å². The van der Waals surface area contributed by atoms with E-state index in [1.165, 1.54) is 31.5 Å². The number of methoxy groups -OCH3 is 1. The molecule has 1 N–H and O–H groups in total. The van der Waals surface area contributed by atoms with Gasteiger partial charge in [0.05, 0.1) is 7.11 Å². The van der Waals surface area contributed by atoms with E-state index in [-0.39, 0.29) is 0 Å². The van der Waals surface area contributed by atoms with Crippen molar-refractivity contribution in [1.82, 2.24) is 10.2 Å². The molecule has 0 bridgehead atoms. The molecule has 3 nitrogen and oxygen atoms in total. The van der Waals surface area contributed by atoms with Gasteiger partial charge in [-0.05, 0) is 46.6 Å². The third kappa shape index (κ3) is 4.21. The van der Waals surface area contributed by atoms with Crippen LogP contribution in [0.3, 0.4) is 0 Å². The zero-order chi connectivity index (χ0) is 15.5. The maximum absolute atomic E-state index is 5.47. The minimum absolute atomic E-state index is 0.291. The lowest BCUT2D eigenvalue weighted by molar-refractivity contribution is 0.0941. The Morgan fingerprint density at radius 2 is 1.81 bits per heavy atom. The maximum atomic E-state index is 5.47. The highest BCUT2D eigenvalue weighted by atomic mass is 16.5. The van der Waals surface area contributed by atoms with Crippen LogP contribution >= 0.6 is 0 Å². The van der Waals surface area contributed by atoms with Gasteiger partial charge in [0.25, 0.3) is 0 Å². The highest BCUT2D eigenvalue weighted by molar-refractivity contribution is 5.35. The fourth-order valence-corrected chi connectivity index (χ4v) is 3.18. The standard InChI is InChI=1S/C18H30N2O/c1-14(16-8-6-7-9-17(16)21-5)19-15-10-12-20(13-11-15)18(2,3)4/h6-9,14-15,19H,10-13H2,1-5H3. The second-order valence-electron chi connectivity index (χ2n) is 7.06. The van der Waals surface area contributed by atoms with Crippen LogP contribution in [-0.2, 0) is 0 Å². The number of rotatable bonds is 4. The van der Waals surface area contributed by atoms with Crippen LogP contribution in [0.15, 0.2) is 24.3 Å². The van der Waals surface area contributed by atoms with E-state index in [9.17, 15) is 0 Å². The lowest BCUT2D eigenvalue weighted by atomic mass is 9.96. The largest absolute Gasteiger partial charge is 0.496 e. The molecule has 0 radical (unpaired) electrons. The van der Waals surface area contributed by atoms with Gasteiger partial charge < -0.3 is 10.1 Å². The molecule has 21 heavy (non-hydrogen) atoms. The summed E-state index contributed by atoms with van der Waals surface area (Å²) in [4.78, 5) is 2.58. The molecule has 1 fully saturated rings. The van der Waals surface area contributed by atoms with Crippen LogP contribution in [0.4, 0.5) is 0 Å². The van der Waals surface area contributed by atoms with E-state index in [1.54, 1.807) is 7.11 Å². The van der Waals surface area contributed by atoms with Crippen molar-refractivity contribution in [1.29, 1.82) is 0 Å². The lowest BCUT2D eigenvalue weighted by Crippen LogP contribution is -2.50. The van der Waals surface area contributed by atoms with E-state index in [0.29, 0.717) is 17.6 Å². The van der Waals surface area contributed by atoms with Gasteiger partial charge in [-0.15, -0.1) is 0 Å². The number of hydrogen-bond acceptors (Lipinski definition) is 3. The van der Waals surface area contributed by atoms with E-state index in [0.717, 1.165) is 5.75 Å². The molecule has 0 saturated carbocycles. The van der Waals surface area contributed by atoms with Crippen molar-refractivity contribution in [3.8, 4) is 5.75 Å². The number of hydrogen-bond donors (Lipinski definition) is 1. The topological polar surface area (TPSA) is 24.5 Å². The summed E-state index contributed by atoms with van der Waals surface area (Å²) in [6.07, 6.45) is 2.44.